The highest BCUT2D eigenvalue weighted by molar-refractivity contribution is 7.13. The third-order valence-corrected chi connectivity index (χ3v) is 14.7. The third-order valence-electron chi connectivity index (χ3n) is 9.22. The summed E-state index contributed by atoms with van der Waals surface area (Å²) in [5, 5.41) is 16.5. The summed E-state index contributed by atoms with van der Waals surface area (Å²) in [5.74, 6) is -0.701. The Morgan fingerprint density at radius 2 is 1.85 bits per heavy atom. The Kier molecular flexibility index (Phi) is 11.2. The molecule has 2 aromatic heterocycles. The highest BCUT2D eigenvalue weighted by Gasteiger charge is 2.47. The zero-order valence-electron chi connectivity index (χ0n) is 28.8. The Morgan fingerprint density at radius 1 is 1.17 bits per heavy atom. The Hall–Kier alpha value is -3.06. The van der Waals surface area contributed by atoms with E-state index in [1.165, 1.54) is 0 Å². The number of aliphatic hydroxyl groups is 1. The van der Waals surface area contributed by atoms with Crippen LogP contribution in [0.15, 0.2) is 40.4 Å². The van der Waals surface area contributed by atoms with Gasteiger partial charge in [-0.25, -0.2) is 4.98 Å². The number of aliphatic hydroxyl groups excluding tert-OH is 1. The van der Waals surface area contributed by atoms with Crippen molar-refractivity contribution in [2.45, 2.75) is 110 Å². The number of carbonyl (C=O) groups excluding carboxylic acids is 2. The van der Waals surface area contributed by atoms with Crippen molar-refractivity contribution >= 4 is 31.5 Å². The third kappa shape index (κ3) is 8.07. The van der Waals surface area contributed by atoms with Crippen LogP contribution < -0.4 is 10.1 Å². The van der Waals surface area contributed by atoms with Crippen LogP contribution in [0.5, 0.6) is 5.88 Å². The predicted octanol–water partition coefficient (Wildman–Crippen LogP) is 6.47. The first kappa shape index (κ1) is 35.8. The maximum absolute atomic E-state index is 14.4. The van der Waals surface area contributed by atoms with Gasteiger partial charge in [-0.2, -0.15) is 0 Å². The number of hydrogen-bond donors (Lipinski definition) is 2. The molecule has 12 heteroatoms. The minimum atomic E-state index is -2.18. The predicted molar refractivity (Wildman–Crippen MR) is 182 cm³/mol. The van der Waals surface area contributed by atoms with Gasteiger partial charge in [0, 0.05) is 19.0 Å². The molecule has 5 atom stereocenters. The molecule has 0 unspecified atom stereocenters. The van der Waals surface area contributed by atoms with Crippen molar-refractivity contribution in [3.05, 3.63) is 52.9 Å². The molecule has 1 aliphatic rings. The summed E-state index contributed by atoms with van der Waals surface area (Å²) in [6.07, 6.45) is -0.338. The van der Waals surface area contributed by atoms with Crippen molar-refractivity contribution in [2.75, 3.05) is 13.2 Å². The topological polar surface area (TPSA) is 127 Å². The van der Waals surface area contributed by atoms with Crippen molar-refractivity contribution in [2.24, 2.45) is 5.92 Å². The molecule has 1 aliphatic heterocycles. The molecule has 3 aromatic rings. The van der Waals surface area contributed by atoms with Gasteiger partial charge in [0.1, 0.15) is 18.1 Å². The molecule has 46 heavy (non-hydrogen) atoms. The average Bonchev–Trinajstić information content (AvgIpc) is 3.72. The zero-order valence-corrected chi connectivity index (χ0v) is 30.6. The second kappa shape index (κ2) is 14.4. The highest BCUT2D eigenvalue weighted by atomic mass is 32.1. The van der Waals surface area contributed by atoms with Crippen LogP contribution in [0.2, 0.25) is 18.1 Å². The SMILES string of the molecule is Cc1ncsc1-c1ccc([C@H](C)NC(=O)[C@@H]2C[C@@H](O[Si](C)(C)C(C)(C)C)CN2C(=O)[C@@H](c2cc(O[C@@H](C)CO)no2)C(C)C)cc1. The number of nitrogens with one attached hydrogen (secondary N) is 1. The van der Waals surface area contributed by atoms with E-state index in [0.29, 0.717) is 18.7 Å². The molecular weight excluding hydrogens is 621 g/mol. The monoisotopic (exact) mass is 670 g/mol. The lowest BCUT2D eigenvalue weighted by molar-refractivity contribution is -0.141. The van der Waals surface area contributed by atoms with E-state index in [0.717, 1.165) is 21.7 Å². The van der Waals surface area contributed by atoms with Gasteiger partial charge in [0.05, 0.1) is 34.8 Å². The Labute approximate surface area is 278 Å². The standard InChI is InChI=1S/C34H50N4O6SSi/c1-20(2)30(28-16-29(37-43-28)42-21(3)18-39)33(41)38-17-26(44-46(9,10)34(6,7)8)15-27(38)32(40)36-22(4)24-11-13-25(14-12-24)31-23(5)35-19-45-31/h11-14,16,19-22,26-27,30,39H,15,17-18H2,1-10H3,(H,36,40)/t21-,22-,26+,27-,30+/m0/s1. The number of thiazole rings is 1. The minimum Gasteiger partial charge on any atom is -0.470 e. The van der Waals surface area contributed by atoms with Crippen molar-refractivity contribution < 1.29 is 28.4 Å². The molecule has 10 nitrogen and oxygen atoms in total. The molecule has 2 N–H and O–H groups in total. The van der Waals surface area contributed by atoms with Gasteiger partial charge in [0.25, 0.3) is 5.88 Å². The van der Waals surface area contributed by atoms with E-state index in [1.807, 2.05) is 45.3 Å². The van der Waals surface area contributed by atoms with Crippen molar-refractivity contribution in [3.8, 4) is 16.3 Å². The molecule has 4 rings (SSSR count). The van der Waals surface area contributed by atoms with Crippen molar-refractivity contribution in [3.63, 3.8) is 0 Å². The Bertz CT molecular complexity index is 1480. The fourth-order valence-electron chi connectivity index (χ4n) is 5.50. The number of ether oxygens (including phenoxy) is 1. The largest absolute Gasteiger partial charge is 0.470 e. The van der Waals surface area contributed by atoms with Gasteiger partial charge < -0.3 is 29.0 Å². The van der Waals surface area contributed by atoms with Crippen molar-refractivity contribution in [1.29, 1.82) is 0 Å². The first-order valence-electron chi connectivity index (χ1n) is 16.1. The van der Waals surface area contributed by atoms with Crippen LogP contribution in [0.1, 0.15) is 83.9 Å². The number of hydrogen-bond acceptors (Lipinski definition) is 9. The summed E-state index contributed by atoms with van der Waals surface area (Å²) < 4.78 is 18.0. The van der Waals surface area contributed by atoms with Crippen LogP contribution in [0.25, 0.3) is 10.4 Å². The highest BCUT2D eigenvalue weighted by Crippen LogP contribution is 2.40. The number of likely N-dealkylation sites (tertiary alicyclic amines) is 1. The van der Waals surface area contributed by atoms with E-state index in [-0.39, 0.29) is 47.4 Å². The lowest BCUT2D eigenvalue weighted by Crippen LogP contribution is -2.48. The van der Waals surface area contributed by atoms with E-state index in [9.17, 15) is 14.7 Å². The molecule has 3 heterocycles. The normalized spacial score (nSPS) is 19.3. The quantitative estimate of drug-likeness (QED) is 0.210. The van der Waals surface area contributed by atoms with Crippen LogP contribution in [0.4, 0.5) is 0 Å². The minimum absolute atomic E-state index is 0.0248. The molecule has 1 saturated heterocycles. The molecule has 1 aromatic carbocycles. The number of rotatable bonds is 12. The number of nitrogens with zero attached hydrogens (tertiary/aromatic N) is 3. The van der Waals surface area contributed by atoms with E-state index in [2.05, 4.69) is 61.5 Å². The van der Waals surface area contributed by atoms with E-state index in [1.54, 1.807) is 29.2 Å². The van der Waals surface area contributed by atoms with Crippen LogP contribution in [-0.4, -0.2) is 71.7 Å². The molecule has 1 fully saturated rings. The van der Waals surface area contributed by atoms with Gasteiger partial charge in [-0.05, 0) is 61.1 Å². The van der Waals surface area contributed by atoms with E-state index in [4.69, 9.17) is 13.7 Å². The zero-order chi connectivity index (χ0) is 34.0. The maximum Gasteiger partial charge on any atom is 0.254 e. The number of benzene rings is 1. The first-order valence-corrected chi connectivity index (χ1v) is 19.8. The fraction of sp³-hybridized carbons (Fsp3) is 0.588. The second-order valence-corrected chi connectivity index (χ2v) is 19.9. The summed E-state index contributed by atoms with van der Waals surface area (Å²) in [4.78, 5) is 35.5. The van der Waals surface area contributed by atoms with Crippen LogP contribution in [0, 0.1) is 12.8 Å². The summed E-state index contributed by atoms with van der Waals surface area (Å²) in [7, 11) is -2.18. The molecule has 0 aliphatic carbocycles. The molecule has 0 spiro atoms. The maximum atomic E-state index is 14.4. The molecular formula is C34H50N4O6SSi. The van der Waals surface area contributed by atoms with Gasteiger partial charge >= 0.3 is 0 Å². The molecule has 0 radical (unpaired) electrons. The molecule has 0 bridgehead atoms. The van der Waals surface area contributed by atoms with Crippen molar-refractivity contribution in [1.82, 2.24) is 20.4 Å². The number of aromatic nitrogens is 2. The first-order chi connectivity index (χ1) is 21.5. The lowest BCUT2D eigenvalue weighted by atomic mass is 9.91. The van der Waals surface area contributed by atoms with Crippen LogP contribution >= 0.6 is 11.3 Å². The van der Waals surface area contributed by atoms with Gasteiger partial charge in [-0.3, -0.25) is 9.59 Å². The van der Waals surface area contributed by atoms with Gasteiger partial charge in [0.2, 0.25) is 11.8 Å². The number of amides is 2. The van der Waals surface area contributed by atoms with E-state index >= 15 is 0 Å². The summed E-state index contributed by atoms with van der Waals surface area (Å²) in [5.41, 5.74) is 4.89. The van der Waals surface area contributed by atoms with E-state index < -0.39 is 26.4 Å². The molecule has 252 valence electrons. The summed E-state index contributed by atoms with van der Waals surface area (Å²) >= 11 is 1.60. The fourth-order valence-corrected chi connectivity index (χ4v) is 7.66. The number of carbonyl (C=O) groups is 2. The second-order valence-electron chi connectivity index (χ2n) is 14.3. The molecule has 0 saturated carbocycles. The lowest BCUT2D eigenvalue weighted by Gasteiger charge is -2.38. The van der Waals surface area contributed by atoms with Crippen LogP contribution in [-0.2, 0) is 14.0 Å². The Balaban J connectivity index is 1.57. The van der Waals surface area contributed by atoms with Gasteiger partial charge in [0.15, 0.2) is 14.1 Å². The number of aryl methyl sites for hydroxylation is 1. The average molecular weight is 671 g/mol. The summed E-state index contributed by atoms with van der Waals surface area (Å²) in [6, 6.07) is 8.77. The molecule has 2 amide bonds. The van der Waals surface area contributed by atoms with Gasteiger partial charge in [-0.15, -0.1) is 11.3 Å². The Morgan fingerprint density at radius 3 is 2.41 bits per heavy atom. The van der Waals surface area contributed by atoms with Crippen LogP contribution in [0.3, 0.4) is 0 Å². The van der Waals surface area contributed by atoms with Gasteiger partial charge in [-0.1, -0.05) is 58.9 Å². The smallest absolute Gasteiger partial charge is 0.254 e. The summed E-state index contributed by atoms with van der Waals surface area (Å²) in [6.45, 7) is 20.6.